The summed E-state index contributed by atoms with van der Waals surface area (Å²) in [5.74, 6) is 0.622. The third kappa shape index (κ3) is 3.53. The van der Waals surface area contributed by atoms with Crippen LogP contribution in [0.15, 0.2) is 48.8 Å². The van der Waals surface area contributed by atoms with Gasteiger partial charge >= 0.3 is 0 Å². The van der Waals surface area contributed by atoms with E-state index in [-0.39, 0.29) is 12.0 Å². The molecule has 0 bridgehead atoms. The predicted octanol–water partition coefficient (Wildman–Crippen LogP) is 2.18. The van der Waals surface area contributed by atoms with E-state index >= 15 is 0 Å². The van der Waals surface area contributed by atoms with Gasteiger partial charge in [-0.2, -0.15) is 5.10 Å². The molecule has 3 aromatic rings. The van der Waals surface area contributed by atoms with Crippen LogP contribution in [0.25, 0.3) is 11.3 Å². The summed E-state index contributed by atoms with van der Waals surface area (Å²) < 4.78 is 12.7. The van der Waals surface area contributed by atoms with Crippen LogP contribution in [-0.2, 0) is 7.05 Å². The van der Waals surface area contributed by atoms with Gasteiger partial charge in [-0.05, 0) is 6.07 Å². The zero-order chi connectivity index (χ0) is 19.5. The molecule has 2 aromatic heterocycles. The minimum Gasteiger partial charge on any atom is -0.477 e. The smallest absolute Gasteiger partial charge is 0.278 e. The molecule has 1 saturated heterocycles. The summed E-state index contributed by atoms with van der Waals surface area (Å²) in [5, 5.41) is 4.49. The quantitative estimate of drug-likeness (QED) is 0.676. The van der Waals surface area contributed by atoms with Crippen LogP contribution in [0.3, 0.4) is 0 Å². The van der Waals surface area contributed by atoms with Gasteiger partial charge in [0.2, 0.25) is 0 Å². The predicted molar refractivity (Wildman–Crippen MR) is 102 cm³/mol. The maximum Gasteiger partial charge on any atom is 0.278 e. The monoisotopic (exact) mass is 379 g/mol. The van der Waals surface area contributed by atoms with Crippen molar-refractivity contribution < 1.29 is 14.3 Å². The average Bonchev–Trinajstić information content (AvgIpc) is 3.35. The first-order chi connectivity index (χ1) is 13.7. The number of amides is 1. The molecule has 1 unspecified atom stereocenters. The van der Waals surface area contributed by atoms with Gasteiger partial charge in [0.1, 0.15) is 11.8 Å². The first-order valence-electron chi connectivity index (χ1n) is 9.06. The Balaban J connectivity index is 1.46. The van der Waals surface area contributed by atoms with Crippen LogP contribution in [0, 0.1) is 0 Å². The summed E-state index contributed by atoms with van der Waals surface area (Å²) >= 11 is 0. The molecule has 0 aliphatic carbocycles. The number of carbonyl (C=O) groups excluding carboxylic acids is 1. The summed E-state index contributed by atoms with van der Waals surface area (Å²) in [7, 11) is 3.31. The molecule has 28 heavy (non-hydrogen) atoms. The molecule has 3 heterocycles. The van der Waals surface area contributed by atoms with Crippen molar-refractivity contribution in [2.45, 2.75) is 12.5 Å². The Bertz CT molecular complexity index is 973. The Morgan fingerprint density at radius 1 is 1.14 bits per heavy atom. The highest BCUT2D eigenvalue weighted by atomic mass is 16.5. The number of nitrogens with zero attached hydrogens (tertiary/aromatic N) is 5. The Kier molecular flexibility index (Phi) is 4.92. The largest absolute Gasteiger partial charge is 0.477 e. The third-order valence-electron chi connectivity index (χ3n) is 4.71. The van der Waals surface area contributed by atoms with Gasteiger partial charge < -0.3 is 14.4 Å². The highest BCUT2D eigenvalue weighted by Gasteiger charge is 2.31. The van der Waals surface area contributed by atoms with Gasteiger partial charge in [0.15, 0.2) is 0 Å². The minimum atomic E-state index is -0.156. The molecule has 1 atom stereocenters. The molecule has 4 rings (SSSR count). The lowest BCUT2D eigenvalue weighted by atomic mass is 10.1. The summed E-state index contributed by atoms with van der Waals surface area (Å²) in [5.41, 5.74) is 2.31. The number of rotatable bonds is 5. The Labute approximate surface area is 162 Å². The van der Waals surface area contributed by atoms with E-state index in [1.165, 1.54) is 7.11 Å². The minimum absolute atomic E-state index is 0.0607. The fourth-order valence-corrected chi connectivity index (χ4v) is 3.28. The van der Waals surface area contributed by atoms with E-state index in [0.717, 1.165) is 17.7 Å². The van der Waals surface area contributed by atoms with E-state index in [2.05, 4.69) is 15.1 Å². The number of hydrogen-bond acceptors (Lipinski definition) is 6. The van der Waals surface area contributed by atoms with Crippen molar-refractivity contribution in [1.29, 1.82) is 0 Å². The van der Waals surface area contributed by atoms with Crippen molar-refractivity contribution in [3.05, 3.63) is 54.5 Å². The highest BCUT2D eigenvalue weighted by molar-refractivity contribution is 5.94. The average molecular weight is 379 g/mol. The molecule has 1 amide bonds. The van der Waals surface area contributed by atoms with Gasteiger partial charge in [-0.15, -0.1) is 0 Å². The number of benzene rings is 1. The zero-order valence-corrected chi connectivity index (χ0v) is 15.8. The summed E-state index contributed by atoms with van der Waals surface area (Å²) in [6.45, 7) is 1.09. The lowest BCUT2D eigenvalue weighted by Gasteiger charge is -2.17. The second kappa shape index (κ2) is 7.67. The molecule has 1 aliphatic heterocycles. The number of aryl methyl sites for hydroxylation is 1. The molecule has 0 saturated carbocycles. The maximum atomic E-state index is 13.0. The SMILES string of the molecule is COc1nccnc1OC1CCN(C(=O)c2cc(-c3ccccc3)nn2C)C1. The molecular formula is C20H21N5O3. The van der Waals surface area contributed by atoms with E-state index in [0.29, 0.717) is 30.5 Å². The van der Waals surface area contributed by atoms with E-state index in [9.17, 15) is 4.79 Å². The summed E-state index contributed by atoms with van der Waals surface area (Å²) in [4.78, 5) is 23.0. The van der Waals surface area contributed by atoms with E-state index in [1.807, 2.05) is 36.4 Å². The van der Waals surface area contributed by atoms with Gasteiger partial charge in [0.05, 0.1) is 19.3 Å². The van der Waals surface area contributed by atoms with Crippen LogP contribution in [0.4, 0.5) is 0 Å². The van der Waals surface area contributed by atoms with Crippen molar-refractivity contribution in [1.82, 2.24) is 24.6 Å². The van der Waals surface area contributed by atoms with Crippen LogP contribution < -0.4 is 9.47 Å². The molecule has 1 aromatic carbocycles. The molecule has 1 fully saturated rings. The van der Waals surface area contributed by atoms with Gasteiger partial charge in [-0.25, -0.2) is 9.97 Å². The summed E-state index contributed by atoms with van der Waals surface area (Å²) in [6, 6.07) is 11.6. The Morgan fingerprint density at radius 3 is 2.64 bits per heavy atom. The highest BCUT2D eigenvalue weighted by Crippen LogP contribution is 2.25. The van der Waals surface area contributed by atoms with E-state index < -0.39 is 0 Å². The van der Waals surface area contributed by atoms with Crippen molar-refractivity contribution >= 4 is 5.91 Å². The molecule has 0 radical (unpaired) electrons. The van der Waals surface area contributed by atoms with E-state index in [1.54, 1.807) is 29.0 Å². The normalized spacial score (nSPS) is 16.2. The number of likely N-dealkylation sites (tertiary alicyclic amines) is 1. The van der Waals surface area contributed by atoms with Gasteiger partial charge in [0, 0.05) is 38.0 Å². The first kappa shape index (κ1) is 18.0. The van der Waals surface area contributed by atoms with Gasteiger partial charge in [-0.1, -0.05) is 30.3 Å². The third-order valence-corrected chi connectivity index (χ3v) is 4.71. The van der Waals surface area contributed by atoms with Crippen LogP contribution in [0.2, 0.25) is 0 Å². The van der Waals surface area contributed by atoms with Crippen molar-refractivity contribution in [3.63, 3.8) is 0 Å². The number of methoxy groups -OCH3 is 1. The first-order valence-corrected chi connectivity index (χ1v) is 9.06. The maximum absolute atomic E-state index is 13.0. The fraction of sp³-hybridized carbons (Fsp3) is 0.300. The molecule has 0 N–H and O–H groups in total. The molecule has 0 spiro atoms. The van der Waals surface area contributed by atoms with Crippen LogP contribution in [0.1, 0.15) is 16.9 Å². The Hall–Kier alpha value is -3.42. The zero-order valence-electron chi connectivity index (χ0n) is 15.8. The molecule has 8 heteroatoms. The van der Waals surface area contributed by atoms with Crippen molar-refractivity contribution in [2.75, 3.05) is 20.2 Å². The van der Waals surface area contributed by atoms with Crippen LogP contribution >= 0.6 is 0 Å². The number of ether oxygens (including phenoxy) is 2. The second-order valence-electron chi connectivity index (χ2n) is 6.55. The lowest BCUT2D eigenvalue weighted by Crippen LogP contribution is -2.32. The molecular weight excluding hydrogens is 358 g/mol. The van der Waals surface area contributed by atoms with Crippen molar-refractivity contribution in [2.24, 2.45) is 7.05 Å². The van der Waals surface area contributed by atoms with Gasteiger partial charge in [-0.3, -0.25) is 9.48 Å². The molecule has 144 valence electrons. The van der Waals surface area contributed by atoms with Gasteiger partial charge in [0.25, 0.3) is 17.7 Å². The number of hydrogen-bond donors (Lipinski definition) is 0. The standard InChI is InChI=1S/C20H21N5O3/c1-24-17(12-16(23-24)14-6-4-3-5-7-14)20(26)25-11-8-15(13-25)28-19-18(27-2)21-9-10-22-19/h3-7,9-10,12,15H,8,11,13H2,1-2H3. The number of carbonyl (C=O) groups is 1. The fourth-order valence-electron chi connectivity index (χ4n) is 3.28. The molecule has 1 aliphatic rings. The van der Waals surface area contributed by atoms with Crippen LogP contribution in [-0.4, -0.2) is 56.9 Å². The van der Waals surface area contributed by atoms with Crippen molar-refractivity contribution in [3.8, 4) is 23.0 Å². The lowest BCUT2D eigenvalue weighted by molar-refractivity contribution is 0.0759. The second-order valence-corrected chi connectivity index (χ2v) is 6.55. The number of aromatic nitrogens is 4. The summed E-state index contributed by atoms with van der Waals surface area (Å²) in [6.07, 6.45) is 3.66. The molecule has 8 nitrogen and oxygen atoms in total. The topological polar surface area (TPSA) is 82.4 Å². The van der Waals surface area contributed by atoms with E-state index in [4.69, 9.17) is 9.47 Å². The van der Waals surface area contributed by atoms with Crippen LogP contribution in [0.5, 0.6) is 11.8 Å². The Morgan fingerprint density at radius 2 is 1.89 bits per heavy atom.